The Kier molecular flexibility index (Phi) is 5.32. The van der Waals surface area contributed by atoms with Crippen molar-refractivity contribution in [2.45, 2.75) is 6.92 Å². The molecule has 108 valence electrons. The first-order chi connectivity index (χ1) is 10.1. The number of ether oxygens (including phenoxy) is 1. The minimum absolute atomic E-state index is 0.185. The predicted molar refractivity (Wildman–Crippen MR) is 89.5 cm³/mol. The van der Waals surface area contributed by atoms with E-state index < -0.39 is 0 Å². The highest BCUT2D eigenvalue weighted by Crippen LogP contribution is 2.13. The molecule has 0 spiro atoms. The Labute approximate surface area is 136 Å². The summed E-state index contributed by atoms with van der Waals surface area (Å²) in [6.45, 7) is 2.09. The molecule has 0 fully saturated rings. The number of benzene rings is 2. The number of amides is 1. The summed E-state index contributed by atoms with van der Waals surface area (Å²) in [6.07, 6.45) is 0. The number of halogens is 1. The number of carbonyl (C=O) groups excluding carboxylic acids is 2. The molecule has 5 heteroatoms. The number of hydrogen-bond donors (Lipinski definition) is 1. The number of esters is 1. The van der Waals surface area contributed by atoms with Crippen LogP contribution in [0.1, 0.15) is 27.6 Å². The molecule has 0 bridgehead atoms. The fourth-order valence-corrected chi connectivity index (χ4v) is 2.07. The maximum atomic E-state index is 12.0. The Balaban J connectivity index is 2.04. The molecule has 0 saturated carbocycles. The number of nitrogens with one attached hydrogen (secondary N) is 1. The number of rotatable bonds is 4. The van der Waals surface area contributed by atoms with Crippen LogP contribution in [0.25, 0.3) is 0 Å². The van der Waals surface area contributed by atoms with Gasteiger partial charge in [0.2, 0.25) is 0 Å². The van der Waals surface area contributed by atoms with Crippen molar-refractivity contribution in [2.75, 3.05) is 11.9 Å². The van der Waals surface area contributed by atoms with Crippen molar-refractivity contribution < 1.29 is 14.3 Å². The first-order valence-corrected chi connectivity index (χ1v) is 7.52. The molecule has 0 atom stereocenters. The van der Waals surface area contributed by atoms with Gasteiger partial charge in [0.15, 0.2) is 0 Å². The minimum Gasteiger partial charge on any atom is -0.462 e. The summed E-state index contributed by atoms with van der Waals surface area (Å²) in [5, 5.41) is 2.78. The maximum absolute atomic E-state index is 12.0. The van der Waals surface area contributed by atoms with Gasteiger partial charge in [-0.05, 0) is 78.0 Å². The summed E-state index contributed by atoms with van der Waals surface area (Å²) >= 11 is 2.18. The van der Waals surface area contributed by atoms with Crippen molar-refractivity contribution in [3.05, 3.63) is 63.2 Å². The van der Waals surface area contributed by atoms with Gasteiger partial charge in [-0.2, -0.15) is 0 Å². The molecule has 0 saturated heterocycles. The van der Waals surface area contributed by atoms with Crippen molar-refractivity contribution in [3.8, 4) is 0 Å². The molecule has 2 aromatic carbocycles. The molecular formula is C16H14INO3. The Bertz CT molecular complexity index is 636. The highest BCUT2D eigenvalue weighted by Gasteiger charge is 2.08. The van der Waals surface area contributed by atoms with Crippen molar-refractivity contribution in [2.24, 2.45) is 0 Å². The lowest BCUT2D eigenvalue weighted by Crippen LogP contribution is -2.12. The van der Waals surface area contributed by atoms with Crippen molar-refractivity contribution in [1.29, 1.82) is 0 Å². The van der Waals surface area contributed by atoms with E-state index in [1.807, 2.05) is 12.1 Å². The van der Waals surface area contributed by atoms with Gasteiger partial charge in [0.25, 0.3) is 5.91 Å². The Morgan fingerprint density at radius 2 is 1.57 bits per heavy atom. The summed E-state index contributed by atoms with van der Waals surface area (Å²) in [4.78, 5) is 23.6. The van der Waals surface area contributed by atoms with Gasteiger partial charge in [0.05, 0.1) is 12.2 Å². The predicted octanol–water partition coefficient (Wildman–Crippen LogP) is 3.72. The van der Waals surface area contributed by atoms with Crippen molar-refractivity contribution >= 4 is 40.2 Å². The third-order valence-corrected chi connectivity index (χ3v) is 3.48. The van der Waals surface area contributed by atoms with Gasteiger partial charge < -0.3 is 10.1 Å². The van der Waals surface area contributed by atoms with Crippen LogP contribution in [-0.2, 0) is 4.74 Å². The first-order valence-electron chi connectivity index (χ1n) is 6.44. The second kappa shape index (κ2) is 7.21. The van der Waals surface area contributed by atoms with Crippen LogP contribution in [0.5, 0.6) is 0 Å². The SMILES string of the molecule is CCOC(=O)c1ccc(NC(=O)c2ccc(I)cc2)cc1. The van der Waals surface area contributed by atoms with Crippen molar-refractivity contribution in [3.63, 3.8) is 0 Å². The standard InChI is InChI=1S/C16H14INO3/c1-2-21-16(20)12-5-9-14(10-6-12)18-15(19)11-3-7-13(17)8-4-11/h3-10H,2H2,1H3,(H,18,19). The van der Waals surface area contributed by atoms with Crippen LogP contribution in [-0.4, -0.2) is 18.5 Å². The van der Waals surface area contributed by atoms with E-state index in [9.17, 15) is 9.59 Å². The zero-order chi connectivity index (χ0) is 15.2. The molecule has 2 rings (SSSR count). The Morgan fingerprint density at radius 3 is 2.14 bits per heavy atom. The lowest BCUT2D eigenvalue weighted by molar-refractivity contribution is 0.0526. The summed E-state index contributed by atoms with van der Waals surface area (Å²) < 4.78 is 5.97. The van der Waals surface area contributed by atoms with Gasteiger partial charge in [0.1, 0.15) is 0 Å². The van der Waals surface area contributed by atoms with Gasteiger partial charge in [-0.25, -0.2) is 4.79 Å². The quantitative estimate of drug-likeness (QED) is 0.634. The third kappa shape index (κ3) is 4.29. The molecule has 0 aliphatic heterocycles. The smallest absolute Gasteiger partial charge is 0.338 e. The largest absolute Gasteiger partial charge is 0.462 e. The highest BCUT2D eigenvalue weighted by atomic mass is 127. The van der Waals surface area contributed by atoms with E-state index >= 15 is 0 Å². The first kappa shape index (κ1) is 15.5. The second-order valence-corrected chi connectivity index (χ2v) is 5.50. The highest BCUT2D eigenvalue weighted by molar-refractivity contribution is 14.1. The van der Waals surface area contributed by atoms with Crippen LogP contribution in [0.2, 0.25) is 0 Å². The van der Waals surface area contributed by atoms with Gasteiger partial charge >= 0.3 is 5.97 Å². The minimum atomic E-state index is -0.368. The summed E-state index contributed by atoms with van der Waals surface area (Å²) in [5.41, 5.74) is 1.68. The summed E-state index contributed by atoms with van der Waals surface area (Å²) in [5.74, 6) is -0.553. The number of hydrogen-bond acceptors (Lipinski definition) is 3. The average molecular weight is 395 g/mol. The zero-order valence-corrected chi connectivity index (χ0v) is 13.6. The van der Waals surface area contributed by atoms with E-state index in [4.69, 9.17) is 4.74 Å². The van der Waals surface area contributed by atoms with E-state index in [1.165, 1.54) is 0 Å². The molecule has 0 unspecified atom stereocenters. The van der Waals surface area contributed by atoms with Gasteiger partial charge in [0, 0.05) is 14.8 Å². The molecule has 0 aromatic heterocycles. The van der Waals surface area contributed by atoms with Gasteiger partial charge in [-0.15, -0.1) is 0 Å². The van der Waals surface area contributed by atoms with E-state index in [1.54, 1.807) is 43.3 Å². The van der Waals surface area contributed by atoms with Crippen LogP contribution in [0.4, 0.5) is 5.69 Å². The summed E-state index contributed by atoms with van der Waals surface area (Å²) in [7, 11) is 0. The molecule has 1 N–H and O–H groups in total. The second-order valence-electron chi connectivity index (χ2n) is 4.26. The van der Waals surface area contributed by atoms with Crippen LogP contribution in [0.3, 0.4) is 0 Å². The van der Waals surface area contributed by atoms with Crippen LogP contribution in [0, 0.1) is 3.57 Å². The normalized spacial score (nSPS) is 10.0. The third-order valence-electron chi connectivity index (χ3n) is 2.76. The monoisotopic (exact) mass is 395 g/mol. The number of carbonyl (C=O) groups is 2. The molecule has 4 nitrogen and oxygen atoms in total. The van der Waals surface area contributed by atoms with E-state index in [-0.39, 0.29) is 11.9 Å². The molecule has 2 aromatic rings. The molecular weight excluding hydrogens is 381 g/mol. The van der Waals surface area contributed by atoms with Gasteiger partial charge in [-0.3, -0.25) is 4.79 Å². The topological polar surface area (TPSA) is 55.4 Å². The Morgan fingerprint density at radius 1 is 1.00 bits per heavy atom. The van der Waals surface area contributed by atoms with E-state index in [0.29, 0.717) is 23.4 Å². The van der Waals surface area contributed by atoms with Gasteiger partial charge in [-0.1, -0.05) is 0 Å². The fourth-order valence-electron chi connectivity index (χ4n) is 1.71. The van der Waals surface area contributed by atoms with Crippen LogP contribution >= 0.6 is 22.6 Å². The molecule has 0 aliphatic rings. The van der Waals surface area contributed by atoms with Crippen LogP contribution in [0.15, 0.2) is 48.5 Å². The molecule has 21 heavy (non-hydrogen) atoms. The van der Waals surface area contributed by atoms with Crippen LogP contribution < -0.4 is 5.32 Å². The molecule has 0 aliphatic carbocycles. The lowest BCUT2D eigenvalue weighted by atomic mass is 10.2. The maximum Gasteiger partial charge on any atom is 0.338 e. The molecule has 0 heterocycles. The summed E-state index contributed by atoms with van der Waals surface area (Å²) in [6, 6.07) is 13.9. The average Bonchev–Trinajstić information content (AvgIpc) is 2.49. The number of anilines is 1. The van der Waals surface area contributed by atoms with E-state index in [0.717, 1.165) is 3.57 Å². The Hall–Kier alpha value is -1.89. The molecule has 1 amide bonds. The lowest BCUT2D eigenvalue weighted by Gasteiger charge is -2.06. The molecule has 0 radical (unpaired) electrons. The van der Waals surface area contributed by atoms with Crippen molar-refractivity contribution in [1.82, 2.24) is 0 Å². The van der Waals surface area contributed by atoms with E-state index in [2.05, 4.69) is 27.9 Å². The zero-order valence-electron chi connectivity index (χ0n) is 11.4. The fraction of sp³-hybridized carbons (Fsp3) is 0.125.